The second-order valence-corrected chi connectivity index (χ2v) is 8.08. The molecule has 0 aliphatic carbocycles. The van der Waals surface area contributed by atoms with E-state index in [0.717, 1.165) is 12.8 Å². The van der Waals surface area contributed by atoms with Crippen molar-refractivity contribution in [3.8, 4) is 0 Å². The molecule has 10 heteroatoms. The van der Waals surface area contributed by atoms with Gasteiger partial charge in [-0.3, -0.25) is 19.0 Å². The predicted octanol–water partition coefficient (Wildman–Crippen LogP) is 2.14. The topological polar surface area (TPSA) is 117 Å². The first kappa shape index (κ1) is 22.6. The van der Waals surface area contributed by atoms with E-state index in [1.807, 2.05) is 0 Å². The number of aromatic nitrogens is 4. The van der Waals surface area contributed by atoms with Gasteiger partial charge in [0, 0.05) is 30.8 Å². The molecule has 35 heavy (non-hydrogen) atoms. The van der Waals surface area contributed by atoms with Crippen LogP contribution in [0.25, 0.3) is 16.7 Å². The smallest absolute Gasteiger partial charge is 0.341 e. The number of fused-ring (bicyclic) bond motifs is 2. The molecule has 0 saturated carbocycles. The Morgan fingerprint density at radius 1 is 1.23 bits per heavy atom. The van der Waals surface area contributed by atoms with Crippen LogP contribution >= 0.6 is 0 Å². The lowest BCUT2D eigenvalue weighted by molar-refractivity contribution is 0.0521. The highest BCUT2D eigenvalue weighted by Gasteiger charge is 2.23. The number of carbonyl (C=O) groups excluding carboxylic acids is 2. The van der Waals surface area contributed by atoms with Crippen molar-refractivity contribution in [1.82, 2.24) is 18.9 Å². The second-order valence-electron chi connectivity index (χ2n) is 8.08. The summed E-state index contributed by atoms with van der Waals surface area (Å²) in [4.78, 5) is 52.4. The molecule has 0 spiro atoms. The van der Waals surface area contributed by atoms with Crippen LogP contribution in [-0.4, -0.2) is 50.1 Å². The van der Waals surface area contributed by atoms with Crippen LogP contribution in [-0.2, 0) is 16.0 Å². The van der Waals surface area contributed by atoms with E-state index >= 15 is 0 Å². The SMILES string of the molecule is CCOC(=O)c1cc2c(=O)n3ccccc3nc2n(CC2CCCO2)c1=NC(=O)c1ccncc1. The average Bonchev–Trinajstić information content (AvgIpc) is 3.39. The summed E-state index contributed by atoms with van der Waals surface area (Å²) in [5, 5.41) is 0.213. The first-order valence-corrected chi connectivity index (χ1v) is 11.4. The van der Waals surface area contributed by atoms with Crippen molar-refractivity contribution in [3.63, 3.8) is 0 Å². The number of esters is 1. The zero-order valence-corrected chi connectivity index (χ0v) is 19.1. The van der Waals surface area contributed by atoms with Gasteiger partial charge in [0.2, 0.25) is 0 Å². The second kappa shape index (κ2) is 9.59. The lowest BCUT2D eigenvalue weighted by Gasteiger charge is -2.18. The molecule has 0 N–H and O–H groups in total. The van der Waals surface area contributed by atoms with Crippen LogP contribution in [0.5, 0.6) is 0 Å². The van der Waals surface area contributed by atoms with Crippen molar-refractivity contribution < 1.29 is 19.1 Å². The fraction of sp³-hybridized carbons (Fsp3) is 0.280. The van der Waals surface area contributed by atoms with Gasteiger partial charge in [-0.2, -0.15) is 4.99 Å². The quantitative estimate of drug-likeness (QED) is 0.322. The van der Waals surface area contributed by atoms with Gasteiger partial charge < -0.3 is 14.0 Å². The minimum Gasteiger partial charge on any atom is -0.462 e. The molecule has 1 atom stereocenters. The number of ether oxygens (including phenoxy) is 2. The molecular weight excluding hydrogens is 450 g/mol. The fourth-order valence-electron chi connectivity index (χ4n) is 4.18. The molecule has 178 valence electrons. The van der Waals surface area contributed by atoms with E-state index in [2.05, 4.69) is 9.98 Å². The standard InChI is InChI=1S/C25H23N5O5/c1-2-34-25(33)19-14-18-21(27-20-7-3-4-12-29(20)24(18)32)30(15-17-6-5-13-35-17)22(19)28-23(31)16-8-10-26-11-9-16/h3-4,7-12,14,17H,2,5-6,13,15H2,1H3. The molecule has 4 aromatic rings. The maximum absolute atomic E-state index is 13.4. The largest absolute Gasteiger partial charge is 0.462 e. The molecule has 5 heterocycles. The first-order chi connectivity index (χ1) is 17.1. The Labute approximate surface area is 199 Å². The molecule has 1 aliphatic heterocycles. The molecule has 0 radical (unpaired) electrons. The van der Waals surface area contributed by atoms with Gasteiger partial charge >= 0.3 is 5.97 Å². The molecule has 0 bridgehead atoms. The van der Waals surface area contributed by atoms with Gasteiger partial charge in [-0.25, -0.2) is 9.78 Å². The normalized spacial score (nSPS) is 16.1. The molecule has 5 rings (SSSR count). The Bertz CT molecular complexity index is 1550. The third-order valence-corrected chi connectivity index (χ3v) is 5.83. The van der Waals surface area contributed by atoms with Crippen molar-refractivity contribution >= 4 is 28.6 Å². The highest BCUT2D eigenvalue weighted by atomic mass is 16.5. The zero-order chi connectivity index (χ0) is 24.4. The van der Waals surface area contributed by atoms with E-state index in [1.165, 1.54) is 22.9 Å². The van der Waals surface area contributed by atoms with Gasteiger partial charge in [0.15, 0.2) is 5.49 Å². The molecule has 1 saturated heterocycles. The lowest BCUT2D eigenvalue weighted by Crippen LogP contribution is -2.35. The van der Waals surface area contributed by atoms with Gasteiger partial charge in [0.05, 0.1) is 24.6 Å². The summed E-state index contributed by atoms with van der Waals surface area (Å²) in [5.41, 5.74) is 0.789. The van der Waals surface area contributed by atoms with E-state index in [9.17, 15) is 14.4 Å². The Morgan fingerprint density at radius 2 is 2.06 bits per heavy atom. The van der Waals surface area contributed by atoms with E-state index < -0.39 is 11.9 Å². The van der Waals surface area contributed by atoms with Crippen molar-refractivity contribution in [2.24, 2.45) is 4.99 Å². The molecule has 1 unspecified atom stereocenters. The number of nitrogens with zero attached hydrogens (tertiary/aromatic N) is 5. The summed E-state index contributed by atoms with van der Waals surface area (Å²) in [6.45, 7) is 2.68. The summed E-state index contributed by atoms with van der Waals surface area (Å²) < 4.78 is 14.1. The Balaban J connectivity index is 1.86. The van der Waals surface area contributed by atoms with E-state index in [0.29, 0.717) is 23.5 Å². The van der Waals surface area contributed by atoms with E-state index in [4.69, 9.17) is 14.5 Å². The highest BCUT2D eigenvalue weighted by molar-refractivity contribution is 5.97. The molecular formula is C25H23N5O5. The van der Waals surface area contributed by atoms with Crippen LogP contribution in [0.2, 0.25) is 0 Å². The molecule has 0 aromatic carbocycles. The Kier molecular flexibility index (Phi) is 6.19. The van der Waals surface area contributed by atoms with Gasteiger partial charge in [-0.15, -0.1) is 0 Å². The average molecular weight is 473 g/mol. The summed E-state index contributed by atoms with van der Waals surface area (Å²) in [6.07, 6.45) is 6.10. The number of rotatable bonds is 5. The van der Waals surface area contributed by atoms with Crippen molar-refractivity contribution in [2.75, 3.05) is 13.2 Å². The molecule has 10 nitrogen and oxygen atoms in total. The van der Waals surface area contributed by atoms with E-state index in [1.54, 1.807) is 48.0 Å². The van der Waals surface area contributed by atoms with E-state index in [-0.39, 0.29) is 41.3 Å². The number of carbonyl (C=O) groups is 2. The van der Waals surface area contributed by atoms with Crippen molar-refractivity contribution in [1.29, 1.82) is 0 Å². The third-order valence-electron chi connectivity index (χ3n) is 5.83. The first-order valence-electron chi connectivity index (χ1n) is 11.4. The van der Waals surface area contributed by atoms with Crippen LogP contribution in [0, 0.1) is 0 Å². The van der Waals surface area contributed by atoms with Gasteiger partial charge in [-0.1, -0.05) is 6.07 Å². The van der Waals surface area contributed by atoms with Gasteiger partial charge in [0.1, 0.15) is 16.9 Å². The van der Waals surface area contributed by atoms with Crippen LogP contribution in [0.3, 0.4) is 0 Å². The number of pyridine rings is 3. The molecule has 1 fully saturated rings. The Morgan fingerprint density at radius 3 is 2.80 bits per heavy atom. The third kappa shape index (κ3) is 4.35. The van der Waals surface area contributed by atoms with Crippen LogP contribution < -0.4 is 11.0 Å². The maximum atomic E-state index is 13.4. The van der Waals surface area contributed by atoms with Crippen LogP contribution in [0.4, 0.5) is 0 Å². The van der Waals surface area contributed by atoms with Gasteiger partial charge in [0.25, 0.3) is 11.5 Å². The summed E-state index contributed by atoms with van der Waals surface area (Å²) in [5.74, 6) is -1.25. The van der Waals surface area contributed by atoms with Crippen LogP contribution in [0.15, 0.2) is 64.8 Å². The zero-order valence-electron chi connectivity index (χ0n) is 19.1. The summed E-state index contributed by atoms with van der Waals surface area (Å²) >= 11 is 0. The monoisotopic (exact) mass is 473 g/mol. The Hall–Kier alpha value is -4.18. The number of hydrogen-bond acceptors (Lipinski definition) is 7. The van der Waals surface area contributed by atoms with Crippen LogP contribution in [0.1, 0.15) is 40.5 Å². The highest BCUT2D eigenvalue weighted by Crippen LogP contribution is 2.17. The lowest BCUT2D eigenvalue weighted by atomic mass is 10.1. The van der Waals surface area contributed by atoms with Crippen molar-refractivity contribution in [3.05, 3.63) is 82.0 Å². The minimum absolute atomic E-state index is 0.00883. The number of amides is 1. The van der Waals surface area contributed by atoms with Crippen molar-refractivity contribution in [2.45, 2.75) is 32.4 Å². The molecule has 4 aromatic heterocycles. The molecule has 1 aliphatic rings. The van der Waals surface area contributed by atoms with Gasteiger partial charge in [-0.05, 0) is 50.1 Å². The number of hydrogen-bond donors (Lipinski definition) is 0. The maximum Gasteiger partial charge on any atom is 0.341 e. The minimum atomic E-state index is -0.686. The molecule has 1 amide bonds. The summed E-state index contributed by atoms with van der Waals surface area (Å²) in [7, 11) is 0. The predicted molar refractivity (Wildman–Crippen MR) is 126 cm³/mol. The fourth-order valence-corrected chi connectivity index (χ4v) is 4.18. The summed E-state index contributed by atoms with van der Waals surface area (Å²) in [6, 6.07) is 9.72.